The Kier molecular flexibility index (Phi) is 6.61. The van der Waals surface area contributed by atoms with Crippen molar-refractivity contribution in [1.29, 1.82) is 0 Å². The molecule has 0 radical (unpaired) electrons. The van der Waals surface area contributed by atoms with Crippen molar-refractivity contribution in [2.24, 2.45) is 0 Å². The Hall–Kier alpha value is -1.99. The van der Waals surface area contributed by atoms with Gasteiger partial charge in [-0.3, -0.25) is 19.8 Å². The summed E-state index contributed by atoms with van der Waals surface area (Å²) in [7, 11) is 1.22. The maximum Gasteiger partial charge on any atom is 0.325 e. The van der Waals surface area contributed by atoms with Gasteiger partial charge in [-0.05, 0) is 5.56 Å². The van der Waals surface area contributed by atoms with Crippen molar-refractivity contribution in [3.8, 4) is 0 Å². The molecule has 1 aromatic carbocycles. The molecule has 0 saturated heterocycles. The van der Waals surface area contributed by atoms with Gasteiger partial charge < -0.3 is 9.84 Å². The molecule has 7 nitrogen and oxygen atoms in total. The molecule has 1 rings (SSSR count). The minimum atomic E-state index is -0.903. The summed E-state index contributed by atoms with van der Waals surface area (Å²) in [5, 5.41) is 19.8. The number of aliphatic hydroxyl groups excluding tert-OH is 1. The second-order valence-corrected chi connectivity index (χ2v) is 4.23. The van der Waals surface area contributed by atoms with Crippen LogP contribution in [-0.4, -0.2) is 53.7 Å². The van der Waals surface area contributed by atoms with Crippen molar-refractivity contribution in [1.82, 2.24) is 4.90 Å². The number of methoxy groups -OCH3 is 1. The van der Waals surface area contributed by atoms with Crippen molar-refractivity contribution in [2.45, 2.75) is 12.6 Å². The molecule has 0 aliphatic rings. The lowest BCUT2D eigenvalue weighted by atomic mass is 10.1. The number of benzene rings is 1. The second-order valence-electron chi connectivity index (χ2n) is 4.23. The smallest absolute Gasteiger partial charge is 0.325 e. The molecule has 20 heavy (non-hydrogen) atoms. The fraction of sp³-hybridized carbons (Fsp3) is 0.462. The van der Waals surface area contributed by atoms with E-state index in [0.717, 1.165) is 5.56 Å². The molecule has 0 aliphatic carbocycles. The summed E-state index contributed by atoms with van der Waals surface area (Å²) in [5.41, 5.74) is 0.901. The summed E-state index contributed by atoms with van der Waals surface area (Å²) in [6.45, 7) is -0.366. The number of hydrogen-bond donors (Lipinski definition) is 1. The molecule has 1 N–H and O–H groups in total. The molecule has 0 amide bonds. The highest BCUT2D eigenvalue weighted by molar-refractivity contribution is 5.75. The molecule has 0 aromatic heterocycles. The third-order valence-electron chi connectivity index (χ3n) is 2.89. The number of ether oxygens (including phenoxy) is 1. The van der Waals surface area contributed by atoms with Crippen LogP contribution in [0.5, 0.6) is 0 Å². The summed E-state index contributed by atoms with van der Waals surface area (Å²) >= 11 is 0. The number of hydrogen-bond acceptors (Lipinski definition) is 6. The Morgan fingerprint density at radius 3 is 2.60 bits per heavy atom. The van der Waals surface area contributed by atoms with Crippen LogP contribution in [0.2, 0.25) is 0 Å². The van der Waals surface area contributed by atoms with Crippen LogP contribution < -0.4 is 0 Å². The number of carbonyl (C=O) groups is 1. The zero-order valence-corrected chi connectivity index (χ0v) is 11.3. The van der Waals surface area contributed by atoms with Gasteiger partial charge in [-0.1, -0.05) is 30.3 Å². The Labute approximate surface area is 116 Å². The zero-order valence-electron chi connectivity index (χ0n) is 11.3. The van der Waals surface area contributed by atoms with Gasteiger partial charge in [0, 0.05) is 11.5 Å². The molecule has 110 valence electrons. The predicted molar refractivity (Wildman–Crippen MR) is 71.6 cm³/mol. The largest absolute Gasteiger partial charge is 0.468 e. The standard InChI is InChI=1S/C13H18N2O5/c1-20-13(17)12(10-16)14(7-8-15(18)19)9-11-5-3-2-4-6-11/h2-6,12,16H,7-10H2,1H3/t12-/m0/s1. The van der Waals surface area contributed by atoms with E-state index in [2.05, 4.69) is 4.74 Å². The molecule has 0 unspecified atom stereocenters. The average molecular weight is 282 g/mol. The fourth-order valence-corrected chi connectivity index (χ4v) is 1.85. The van der Waals surface area contributed by atoms with Crippen LogP contribution in [0.15, 0.2) is 30.3 Å². The molecule has 1 atom stereocenters. The van der Waals surface area contributed by atoms with E-state index in [0.29, 0.717) is 6.54 Å². The van der Waals surface area contributed by atoms with E-state index in [4.69, 9.17) is 0 Å². The van der Waals surface area contributed by atoms with E-state index in [1.807, 2.05) is 30.3 Å². The van der Waals surface area contributed by atoms with Gasteiger partial charge in [-0.25, -0.2) is 0 Å². The van der Waals surface area contributed by atoms with Crippen molar-refractivity contribution in [2.75, 3.05) is 26.8 Å². The quantitative estimate of drug-likeness (QED) is 0.419. The molecule has 0 bridgehead atoms. The first-order valence-corrected chi connectivity index (χ1v) is 6.17. The topological polar surface area (TPSA) is 92.9 Å². The summed E-state index contributed by atoms with van der Waals surface area (Å²) in [4.78, 5) is 23.2. The van der Waals surface area contributed by atoms with Crippen molar-refractivity contribution < 1.29 is 19.6 Å². The van der Waals surface area contributed by atoms with Gasteiger partial charge in [0.05, 0.1) is 20.3 Å². The third kappa shape index (κ3) is 4.94. The molecular formula is C13H18N2O5. The lowest BCUT2D eigenvalue weighted by Crippen LogP contribution is -2.46. The van der Waals surface area contributed by atoms with Crippen LogP contribution in [0.1, 0.15) is 5.56 Å². The third-order valence-corrected chi connectivity index (χ3v) is 2.89. The van der Waals surface area contributed by atoms with Gasteiger partial charge >= 0.3 is 5.97 Å². The van der Waals surface area contributed by atoms with Gasteiger partial charge in [-0.2, -0.15) is 0 Å². The maximum atomic E-state index is 11.6. The summed E-state index contributed by atoms with van der Waals surface area (Å²) < 4.78 is 4.62. The van der Waals surface area contributed by atoms with E-state index in [1.165, 1.54) is 7.11 Å². The van der Waals surface area contributed by atoms with E-state index in [1.54, 1.807) is 4.90 Å². The first-order chi connectivity index (χ1) is 9.58. The minimum Gasteiger partial charge on any atom is -0.468 e. The van der Waals surface area contributed by atoms with E-state index in [9.17, 15) is 20.0 Å². The van der Waals surface area contributed by atoms with Gasteiger partial charge in [0.25, 0.3) is 0 Å². The predicted octanol–water partition coefficient (Wildman–Crippen LogP) is 0.299. The van der Waals surface area contributed by atoms with Gasteiger partial charge in [0.1, 0.15) is 6.04 Å². The monoisotopic (exact) mass is 282 g/mol. The summed E-state index contributed by atoms with van der Waals surface area (Å²) in [5.74, 6) is -0.605. The number of rotatable bonds is 8. The highest BCUT2D eigenvalue weighted by atomic mass is 16.6. The molecular weight excluding hydrogens is 264 g/mol. The summed E-state index contributed by atoms with van der Waals surface area (Å²) in [6.07, 6.45) is 0. The lowest BCUT2D eigenvalue weighted by Gasteiger charge is -2.27. The molecule has 0 spiro atoms. The van der Waals surface area contributed by atoms with Crippen molar-refractivity contribution >= 4 is 5.97 Å². The first-order valence-electron chi connectivity index (χ1n) is 6.17. The Morgan fingerprint density at radius 1 is 1.45 bits per heavy atom. The number of nitro groups is 1. The Morgan fingerprint density at radius 2 is 2.10 bits per heavy atom. The van der Waals surface area contributed by atoms with E-state index < -0.39 is 23.5 Å². The molecule has 0 saturated carbocycles. The van der Waals surface area contributed by atoms with E-state index in [-0.39, 0.29) is 13.1 Å². The number of carbonyl (C=O) groups excluding carboxylic acids is 1. The van der Waals surface area contributed by atoms with Crippen LogP contribution in [0, 0.1) is 10.1 Å². The van der Waals surface area contributed by atoms with Crippen LogP contribution in [0.25, 0.3) is 0 Å². The first kappa shape index (κ1) is 16.1. The van der Waals surface area contributed by atoms with Crippen LogP contribution in [-0.2, 0) is 16.1 Å². The molecule has 7 heteroatoms. The highest BCUT2D eigenvalue weighted by Crippen LogP contribution is 2.09. The van der Waals surface area contributed by atoms with E-state index >= 15 is 0 Å². The molecule has 0 heterocycles. The second kappa shape index (κ2) is 8.23. The normalized spacial score (nSPS) is 12.2. The Balaban J connectivity index is 2.82. The molecule has 0 aliphatic heterocycles. The summed E-state index contributed by atoms with van der Waals surface area (Å²) in [6, 6.07) is 8.34. The number of aliphatic hydroxyl groups is 1. The fourth-order valence-electron chi connectivity index (χ4n) is 1.85. The zero-order chi connectivity index (χ0) is 15.0. The van der Waals surface area contributed by atoms with Gasteiger partial charge in [0.15, 0.2) is 0 Å². The maximum absolute atomic E-state index is 11.6. The van der Waals surface area contributed by atoms with Crippen molar-refractivity contribution in [3.05, 3.63) is 46.0 Å². The van der Waals surface area contributed by atoms with Crippen LogP contribution >= 0.6 is 0 Å². The number of nitrogens with zero attached hydrogens (tertiary/aromatic N) is 2. The minimum absolute atomic E-state index is 0.0578. The van der Waals surface area contributed by atoms with Crippen LogP contribution in [0.4, 0.5) is 0 Å². The van der Waals surface area contributed by atoms with Gasteiger partial charge in [-0.15, -0.1) is 0 Å². The molecule has 1 aromatic rings. The van der Waals surface area contributed by atoms with Gasteiger partial charge in [0.2, 0.25) is 6.54 Å². The lowest BCUT2D eigenvalue weighted by molar-refractivity contribution is -0.480. The van der Waals surface area contributed by atoms with Crippen molar-refractivity contribution in [3.63, 3.8) is 0 Å². The van der Waals surface area contributed by atoms with Crippen LogP contribution in [0.3, 0.4) is 0 Å². The molecule has 0 fully saturated rings. The highest BCUT2D eigenvalue weighted by Gasteiger charge is 2.27. The SMILES string of the molecule is COC(=O)[C@H](CO)N(CC[N+](=O)[O-])Cc1ccccc1. The Bertz CT molecular complexity index is 438. The average Bonchev–Trinajstić information content (AvgIpc) is 2.46. The number of esters is 1.